The molecule has 0 amide bonds. The molecule has 0 saturated carbocycles. The van der Waals surface area contributed by atoms with Gasteiger partial charge in [-0.1, -0.05) is 24.3 Å². The monoisotopic (exact) mass is 254 g/mol. The highest BCUT2D eigenvalue weighted by molar-refractivity contribution is 5.78. The average molecular weight is 254 g/mol. The van der Waals surface area contributed by atoms with Crippen LogP contribution in [0.1, 0.15) is 18.0 Å². The minimum absolute atomic E-state index is 0.0152. The third-order valence-electron chi connectivity index (χ3n) is 2.83. The molecular formula is C13H13F3N2. The van der Waals surface area contributed by atoms with E-state index in [0.29, 0.717) is 5.52 Å². The molecule has 0 aliphatic heterocycles. The average Bonchev–Trinajstić information content (AvgIpc) is 2.34. The minimum Gasteiger partial charge on any atom is -0.330 e. The molecule has 2 rings (SSSR count). The molecule has 0 bridgehead atoms. The second-order valence-electron chi connectivity index (χ2n) is 4.10. The molecule has 1 aromatic heterocycles. The van der Waals surface area contributed by atoms with Crippen molar-refractivity contribution in [1.82, 2.24) is 4.98 Å². The van der Waals surface area contributed by atoms with Gasteiger partial charge < -0.3 is 5.73 Å². The standard InChI is InChI=1S/C13H13F3N2/c14-13(15,16)10(7-8-17)12-6-5-9-3-1-2-4-11(9)18-12/h1-6,10H,7-8,17H2. The maximum Gasteiger partial charge on any atom is 0.397 e. The van der Waals surface area contributed by atoms with Crippen LogP contribution in [0.25, 0.3) is 10.9 Å². The van der Waals surface area contributed by atoms with Gasteiger partial charge in [0.2, 0.25) is 0 Å². The molecule has 2 aromatic rings. The van der Waals surface area contributed by atoms with E-state index in [0.717, 1.165) is 5.39 Å². The highest BCUT2D eigenvalue weighted by atomic mass is 19.4. The molecule has 0 aliphatic carbocycles. The summed E-state index contributed by atoms with van der Waals surface area (Å²) in [5.41, 5.74) is 5.85. The second kappa shape index (κ2) is 4.94. The first-order valence-electron chi connectivity index (χ1n) is 5.65. The zero-order valence-electron chi connectivity index (χ0n) is 9.61. The number of hydrogen-bond donors (Lipinski definition) is 1. The molecule has 96 valence electrons. The van der Waals surface area contributed by atoms with Crippen molar-refractivity contribution in [2.45, 2.75) is 18.5 Å². The van der Waals surface area contributed by atoms with Gasteiger partial charge >= 0.3 is 6.18 Å². The molecule has 0 saturated heterocycles. The highest BCUT2D eigenvalue weighted by Gasteiger charge is 2.40. The Kier molecular flexibility index (Phi) is 3.52. The number of benzene rings is 1. The van der Waals surface area contributed by atoms with Gasteiger partial charge in [-0.2, -0.15) is 13.2 Å². The zero-order valence-corrected chi connectivity index (χ0v) is 9.61. The quantitative estimate of drug-likeness (QED) is 0.913. The maximum atomic E-state index is 12.9. The number of alkyl halides is 3. The van der Waals surface area contributed by atoms with Crippen molar-refractivity contribution in [2.75, 3.05) is 6.54 Å². The van der Waals surface area contributed by atoms with Crippen LogP contribution in [0.2, 0.25) is 0 Å². The fourth-order valence-corrected chi connectivity index (χ4v) is 1.92. The Morgan fingerprint density at radius 2 is 1.83 bits per heavy atom. The van der Waals surface area contributed by atoms with Crippen LogP contribution >= 0.6 is 0 Å². The van der Waals surface area contributed by atoms with E-state index in [2.05, 4.69) is 4.98 Å². The molecule has 18 heavy (non-hydrogen) atoms. The van der Waals surface area contributed by atoms with Crippen molar-refractivity contribution in [3.8, 4) is 0 Å². The molecule has 0 fully saturated rings. The van der Waals surface area contributed by atoms with E-state index < -0.39 is 12.1 Å². The van der Waals surface area contributed by atoms with Crippen LogP contribution < -0.4 is 5.73 Å². The number of hydrogen-bond acceptors (Lipinski definition) is 2. The number of rotatable bonds is 3. The smallest absolute Gasteiger partial charge is 0.330 e. The first-order valence-corrected chi connectivity index (χ1v) is 5.65. The second-order valence-corrected chi connectivity index (χ2v) is 4.10. The molecule has 1 heterocycles. The summed E-state index contributed by atoms with van der Waals surface area (Å²) in [5, 5.41) is 0.829. The van der Waals surface area contributed by atoms with Crippen molar-refractivity contribution in [1.29, 1.82) is 0 Å². The third-order valence-corrected chi connectivity index (χ3v) is 2.83. The lowest BCUT2D eigenvalue weighted by atomic mass is 9.99. The largest absolute Gasteiger partial charge is 0.397 e. The third kappa shape index (κ3) is 2.61. The lowest BCUT2D eigenvalue weighted by molar-refractivity contribution is -0.152. The number of para-hydroxylation sites is 1. The number of fused-ring (bicyclic) bond motifs is 1. The van der Waals surface area contributed by atoms with Gasteiger partial charge in [0.15, 0.2) is 0 Å². The Morgan fingerprint density at radius 1 is 1.11 bits per heavy atom. The first kappa shape index (κ1) is 12.8. The summed E-state index contributed by atoms with van der Waals surface area (Å²) < 4.78 is 38.7. The van der Waals surface area contributed by atoms with E-state index in [-0.39, 0.29) is 18.7 Å². The predicted octanol–water partition coefficient (Wildman–Crippen LogP) is 3.23. The zero-order chi connectivity index (χ0) is 13.2. The van der Waals surface area contributed by atoms with Gasteiger partial charge in [-0.3, -0.25) is 4.98 Å². The summed E-state index contributed by atoms with van der Waals surface area (Å²) in [6, 6.07) is 10.2. The SMILES string of the molecule is NCCC(c1ccc2ccccc2n1)C(F)(F)F. The number of aromatic nitrogens is 1. The van der Waals surface area contributed by atoms with Gasteiger partial charge in [-0.05, 0) is 25.1 Å². The van der Waals surface area contributed by atoms with Crippen molar-refractivity contribution >= 4 is 10.9 Å². The van der Waals surface area contributed by atoms with Crippen LogP contribution in [0.4, 0.5) is 13.2 Å². The highest BCUT2D eigenvalue weighted by Crippen LogP contribution is 2.36. The Hall–Kier alpha value is -1.62. The number of pyridine rings is 1. The van der Waals surface area contributed by atoms with Gasteiger partial charge in [-0.15, -0.1) is 0 Å². The first-order chi connectivity index (χ1) is 8.52. The normalized spacial score (nSPS) is 13.8. The molecule has 5 heteroatoms. The maximum absolute atomic E-state index is 12.9. The van der Waals surface area contributed by atoms with Gasteiger partial charge in [-0.25, -0.2) is 0 Å². The van der Waals surface area contributed by atoms with E-state index in [9.17, 15) is 13.2 Å². The minimum atomic E-state index is -4.31. The van der Waals surface area contributed by atoms with Crippen molar-refractivity contribution in [3.05, 3.63) is 42.1 Å². The van der Waals surface area contributed by atoms with E-state index in [1.165, 1.54) is 6.07 Å². The molecule has 0 aliphatic rings. The van der Waals surface area contributed by atoms with Gasteiger partial charge in [0.25, 0.3) is 0 Å². The van der Waals surface area contributed by atoms with Crippen LogP contribution in [0.3, 0.4) is 0 Å². The van der Waals surface area contributed by atoms with E-state index in [4.69, 9.17) is 5.73 Å². The van der Waals surface area contributed by atoms with Gasteiger partial charge in [0, 0.05) is 5.39 Å². The Labute approximate surface area is 103 Å². The lowest BCUT2D eigenvalue weighted by Gasteiger charge is -2.19. The molecular weight excluding hydrogens is 241 g/mol. The lowest BCUT2D eigenvalue weighted by Crippen LogP contribution is -2.24. The fourth-order valence-electron chi connectivity index (χ4n) is 1.92. The summed E-state index contributed by atoms with van der Waals surface area (Å²) in [4.78, 5) is 4.09. The number of halogens is 3. The molecule has 0 spiro atoms. The summed E-state index contributed by atoms with van der Waals surface area (Å²) in [5.74, 6) is -1.59. The number of nitrogens with two attached hydrogens (primary N) is 1. The fraction of sp³-hybridized carbons (Fsp3) is 0.308. The molecule has 2 N–H and O–H groups in total. The van der Waals surface area contributed by atoms with Crippen LogP contribution in [-0.4, -0.2) is 17.7 Å². The van der Waals surface area contributed by atoms with E-state index >= 15 is 0 Å². The Balaban J connectivity index is 2.44. The van der Waals surface area contributed by atoms with Crippen molar-refractivity contribution < 1.29 is 13.2 Å². The Morgan fingerprint density at radius 3 is 2.50 bits per heavy atom. The number of nitrogens with zero attached hydrogens (tertiary/aromatic N) is 1. The van der Waals surface area contributed by atoms with Gasteiger partial charge in [0.1, 0.15) is 0 Å². The van der Waals surface area contributed by atoms with Crippen LogP contribution in [0, 0.1) is 0 Å². The molecule has 2 nitrogen and oxygen atoms in total. The summed E-state index contributed by atoms with van der Waals surface area (Å²) in [6.07, 6.45) is -4.45. The molecule has 1 atom stereocenters. The topological polar surface area (TPSA) is 38.9 Å². The van der Waals surface area contributed by atoms with E-state index in [1.807, 2.05) is 12.1 Å². The van der Waals surface area contributed by atoms with Crippen molar-refractivity contribution in [2.24, 2.45) is 5.73 Å². The molecule has 1 unspecified atom stereocenters. The Bertz CT molecular complexity index is 537. The van der Waals surface area contributed by atoms with Crippen LogP contribution in [0.15, 0.2) is 36.4 Å². The summed E-state index contributed by atoms with van der Waals surface area (Å²) >= 11 is 0. The predicted molar refractivity (Wildman–Crippen MR) is 64.2 cm³/mol. The summed E-state index contributed by atoms with van der Waals surface area (Å²) in [7, 11) is 0. The van der Waals surface area contributed by atoms with E-state index in [1.54, 1.807) is 18.2 Å². The molecule has 0 radical (unpaired) electrons. The summed E-state index contributed by atoms with van der Waals surface area (Å²) in [6.45, 7) is -0.0152. The molecule has 1 aromatic carbocycles. The van der Waals surface area contributed by atoms with Crippen molar-refractivity contribution in [3.63, 3.8) is 0 Å². The van der Waals surface area contributed by atoms with Crippen LogP contribution in [-0.2, 0) is 0 Å². The van der Waals surface area contributed by atoms with Crippen LogP contribution in [0.5, 0.6) is 0 Å². The van der Waals surface area contributed by atoms with Gasteiger partial charge in [0.05, 0.1) is 17.1 Å².